The van der Waals surface area contributed by atoms with Crippen LogP contribution in [-0.2, 0) is 16.0 Å². The van der Waals surface area contributed by atoms with E-state index in [4.69, 9.17) is 10.5 Å². The van der Waals surface area contributed by atoms with Gasteiger partial charge in [-0.2, -0.15) is 0 Å². The lowest BCUT2D eigenvalue weighted by Gasteiger charge is -2.29. The lowest BCUT2D eigenvalue weighted by atomic mass is 10.1. The third kappa shape index (κ3) is 5.37. The molecule has 0 saturated carbocycles. The molecule has 0 fully saturated rings. The Bertz CT molecular complexity index is 798. The fourth-order valence-electron chi connectivity index (χ4n) is 2.96. The van der Waals surface area contributed by atoms with Gasteiger partial charge in [0.05, 0.1) is 5.69 Å². The van der Waals surface area contributed by atoms with Crippen LogP contribution < -0.4 is 20.7 Å². The second-order valence-electron chi connectivity index (χ2n) is 6.20. The number of benzene rings is 2. The number of anilines is 2. The van der Waals surface area contributed by atoms with Crippen LogP contribution in [0, 0.1) is 0 Å². The quantitative estimate of drug-likeness (QED) is 0.563. The van der Waals surface area contributed by atoms with Crippen LogP contribution in [0.25, 0.3) is 0 Å². The van der Waals surface area contributed by atoms with Crippen LogP contribution in [0.5, 0.6) is 5.75 Å². The van der Waals surface area contributed by atoms with E-state index in [1.807, 2.05) is 48.5 Å². The van der Waals surface area contributed by atoms with E-state index in [1.54, 1.807) is 4.90 Å². The second kappa shape index (κ2) is 9.83. The highest BCUT2D eigenvalue weighted by Crippen LogP contribution is 2.31. The number of carbonyl (C=O) groups is 2. The van der Waals surface area contributed by atoms with E-state index in [0.29, 0.717) is 38.0 Å². The summed E-state index contributed by atoms with van der Waals surface area (Å²) in [7, 11) is 0. The average Bonchev–Trinajstić information content (AvgIpc) is 2.66. The Morgan fingerprint density at radius 3 is 2.70 bits per heavy atom. The number of amides is 2. The van der Waals surface area contributed by atoms with Gasteiger partial charge in [-0.05, 0) is 36.6 Å². The van der Waals surface area contributed by atoms with Gasteiger partial charge in [0.2, 0.25) is 5.91 Å². The molecule has 27 heavy (non-hydrogen) atoms. The number of nitrogens with zero attached hydrogens (tertiary/aromatic N) is 1. The molecule has 144 valence electrons. The summed E-state index contributed by atoms with van der Waals surface area (Å²) in [5, 5.41) is 2.90. The maximum Gasteiger partial charge on any atom is 0.265 e. The number of nitrogens with two attached hydrogens (primary N) is 1. The van der Waals surface area contributed by atoms with Gasteiger partial charge in [0.25, 0.3) is 5.91 Å². The van der Waals surface area contributed by atoms with Crippen molar-refractivity contribution in [2.24, 2.45) is 0 Å². The monoisotopic (exact) mass is 389 g/mol. The minimum absolute atomic E-state index is 0. The summed E-state index contributed by atoms with van der Waals surface area (Å²) in [6.45, 7) is 1.13. The van der Waals surface area contributed by atoms with Crippen molar-refractivity contribution >= 4 is 35.6 Å². The van der Waals surface area contributed by atoms with Gasteiger partial charge in [0.1, 0.15) is 5.75 Å². The molecule has 2 amide bonds. The molecular formula is C20H24ClN3O3. The van der Waals surface area contributed by atoms with Crippen LogP contribution in [0.2, 0.25) is 0 Å². The molecule has 7 heteroatoms. The smallest absolute Gasteiger partial charge is 0.265 e. The van der Waals surface area contributed by atoms with E-state index >= 15 is 0 Å². The van der Waals surface area contributed by atoms with Crippen molar-refractivity contribution in [1.29, 1.82) is 0 Å². The molecule has 1 heterocycles. The highest BCUT2D eigenvalue weighted by molar-refractivity contribution is 5.97. The molecule has 0 radical (unpaired) electrons. The van der Waals surface area contributed by atoms with E-state index in [2.05, 4.69) is 5.32 Å². The van der Waals surface area contributed by atoms with Crippen molar-refractivity contribution in [2.45, 2.75) is 19.3 Å². The Kier molecular flexibility index (Phi) is 7.49. The normalized spacial score (nSPS) is 12.6. The van der Waals surface area contributed by atoms with Crippen LogP contribution in [0.1, 0.15) is 18.4 Å². The van der Waals surface area contributed by atoms with Crippen LogP contribution >= 0.6 is 12.4 Å². The molecule has 0 spiro atoms. The number of nitrogens with one attached hydrogen (secondary N) is 1. The third-order valence-corrected chi connectivity index (χ3v) is 4.37. The summed E-state index contributed by atoms with van der Waals surface area (Å²) in [6, 6.07) is 15.1. The third-order valence-electron chi connectivity index (χ3n) is 4.37. The molecular weight excluding hydrogens is 366 g/mol. The maximum absolute atomic E-state index is 12.1. The van der Waals surface area contributed by atoms with Crippen molar-refractivity contribution in [1.82, 2.24) is 5.32 Å². The first kappa shape index (κ1) is 20.6. The molecule has 0 unspecified atom stereocenters. The van der Waals surface area contributed by atoms with Gasteiger partial charge in [0.15, 0.2) is 6.61 Å². The Morgan fingerprint density at radius 2 is 1.89 bits per heavy atom. The zero-order valence-corrected chi connectivity index (χ0v) is 15.8. The summed E-state index contributed by atoms with van der Waals surface area (Å²) < 4.78 is 5.42. The lowest BCUT2D eigenvalue weighted by Crippen LogP contribution is -2.40. The number of hydrogen-bond donors (Lipinski definition) is 2. The zero-order chi connectivity index (χ0) is 18.4. The summed E-state index contributed by atoms with van der Waals surface area (Å²) in [5.74, 6) is 0.646. The number of rotatable bonds is 7. The summed E-state index contributed by atoms with van der Waals surface area (Å²) in [4.78, 5) is 25.8. The van der Waals surface area contributed by atoms with Gasteiger partial charge in [-0.25, -0.2) is 0 Å². The molecule has 2 aromatic carbocycles. The highest BCUT2D eigenvalue weighted by Gasteiger charge is 2.24. The number of hydrogen-bond acceptors (Lipinski definition) is 4. The molecule has 0 aromatic heterocycles. The minimum Gasteiger partial charge on any atom is -0.482 e. The maximum atomic E-state index is 12.1. The summed E-state index contributed by atoms with van der Waals surface area (Å²) in [5.41, 5.74) is 8.37. The standard InChI is InChI=1S/C20H23N3O3.ClH/c21-16-7-2-1-6-15(16)10-11-19(24)22-12-5-13-23-17-8-3-4-9-18(17)26-14-20(23)25;/h1-4,6-9H,5,10-14,21H2,(H,22,24);1H. The first-order chi connectivity index (χ1) is 12.6. The number of ether oxygens (including phenoxy) is 1. The Morgan fingerprint density at radius 1 is 1.15 bits per heavy atom. The molecule has 0 saturated heterocycles. The second-order valence-corrected chi connectivity index (χ2v) is 6.20. The van der Waals surface area contributed by atoms with Crippen molar-refractivity contribution in [3.63, 3.8) is 0 Å². The first-order valence-electron chi connectivity index (χ1n) is 8.77. The largest absolute Gasteiger partial charge is 0.482 e. The van der Waals surface area contributed by atoms with E-state index in [1.165, 1.54) is 0 Å². The topological polar surface area (TPSA) is 84.7 Å². The van der Waals surface area contributed by atoms with E-state index in [9.17, 15) is 9.59 Å². The molecule has 3 rings (SSSR count). The Hall–Kier alpha value is -2.73. The number of para-hydroxylation sites is 3. The van der Waals surface area contributed by atoms with Crippen molar-refractivity contribution in [3.8, 4) is 5.75 Å². The van der Waals surface area contributed by atoms with Gasteiger partial charge < -0.3 is 20.7 Å². The molecule has 1 aliphatic heterocycles. The average molecular weight is 390 g/mol. The molecule has 0 aliphatic carbocycles. The summed E-state index contributed by atoms with van der Waals surface area (Å²) in [6.07, 6.45) is 1.70. The van der Waals surface area contributed by atoms with Crippen molar-refractivity contribution in [2.75, 3.05) is 30.3 Å². The number of aryl methyl sites for hydroxylation is 1. The summed E-state index contributed by atoms with van der Waals surface area (Å²) >= 11 is 0. The highest BCUT2D eigenvalue weighted by atomic mass is 35.5. The SMILES string of the molecule is Cl.Nc1ccccc1CCC(=O)NCCCN1C(=O)COc2ccccc21. The Balaban J connectivity index is 0.00000261. The molecule has 6 nitrogen and oxygen atoms in total. The molecule has 0 atom stereocenters. The van der Waals surface area contributed by atoms with Crippen LogP contribution in [0.3, 0.4) is 0 Å². The molecule has 1 aliphatic rings. The molecule has 2 aromatic rings. The number of fused-ring (bicyclic) bond motifs is 1. The fourth-order valence-corrected chi connectivity index (χ4v) is 2.96. The van der Waals surface area contributed by atoms with Crippen LogP contribution in [0.15, 0.2) is 48.5 Å². The van der Waals surface area contributed by atoms with Gasteiger partial charge in [-0.15, -0.1) is 12.4 Å². The Labute approximate surface area is 165 Å². The van der Waals surface area contributed by atoms with Crippen molar-refractivity contribution in [3.05, 3.63) is 54.1 Å². The number of halogens is 1. The van der Waals surface area contributed by atoms with Gasteiger partial charge in [-0.1, -0.05) is 30.3 Å². The van der Waals surface area contributed by atoms with Crippen molar-refractivity contribution < 1.29 is 14.3 Å². The van der Waals surface area contributed by atoms with E-state index in [0.717, 1.165) is 17.0 Å². The zero-order valence-electron chi connectivity index (χ0n) is 15.0. The fraction of sp³-hybridized carbons (Fsp3) is 0.300. The van der Waals surface area contributed by atoms with Gasteiger partial charge in [0, 0.05) is 25.2 Å². The number of carbonyl (C=O) groups excluding carboxylic acids is 2. The van der Waals surface area contributed by atoms with E-state index in [-0.39, 0.29) is 30.8 Å². The van der Waals surface area contributed by atoms with E-state index < -0.39 is 0 Å². The predicted molar refractivity (Wildman–Crippen MR) is 108 cm³/mol. The molecule has 3 N–H and O–H groups in total. The predicted octanol–water partition coefficient (Wildman–Crippen LogP) is 2.56. The lowest BCUT2D eigenvalue weighted by molar-refractivity contribution is -0.121. The van der Waals surface area contributed by atoms with Gasteiger partial charge in [-0.3, -0.25) is 9.59 Å². The van der Waals surface area contributed by atoms with Crippen LogP contribution in [-0.4, -0.2) is 31.5 Å². The number of nitrogen functional groups attached to an aromatic ring is 1. The first-order valence-corrected chi connectivity index (χ1v) is 8.77. The van der Waals surface area contributed by atoms with Crippen LogP contribution in [0.4, 0.5) is 11.4 Å². The minimum atomic E-state index is -0.0606. The van der Waals surface area contributed by atoms with Gasteiger partial charge >= 0.3 is 0 Å². The molecule has 0 bridgehead atoms.